The highest BCUT2D eigenvalue weighted by Gasteiger charge is 2.30. The van der Waals surface area contributed by atoms with Crippen molar-refractivity contribution in [1.29, 1.82) is 0 Å². The fraction of sp³-hybridized carbons (Fsp3) is 0.185. The zero-order chi connectivity index (χ0) is 28.7. The van der Waals surface area contributed by atoms with Gasteiger partial charge < -0.3 is 25.0 Å². The van der Waals surface area contributed by atoms with Gasteiger partial charge in [0.1, 0.15) is 11.8 Å². The van der Waals surface area contributed by atoms with Crippen LogP contribution in [0.2, 0.25) is 5.02 Å². The fourth-order valence-corrected chi connectivity index (χ4v) is 3.72. The molecule has 0 unspecified atom stereocenters. The lowest BCUT2D eigenvalue weighted by Gasteiger charge is -2.24. The van der Waals surface area contributed by atoms with Crippen LogP contribution in [0.15, 0.2) is 60.7 Å². The third kappa shape index (κ3) is 7.03. The summed E-state index contributed by atoms with van der Waals surface area (Å²) in [6, 6.07) is 13.1. The first-order chi connectivity index (χ1) is 18.5. The average molecular weight is 556 g/mol. The van der Waals surface area contributed by atoms with E-state index in [1.165, 1.54) is 69.7 Å². The second-order valence-electron chi connectivity index (χ2n) is 8.25. The maximum Gasteiger partial charge on any atom is 0.322 e. The molecule has 39 heavy (non-hydrogen) atoms. The van der Waals surface area contributed by atoms with Gasteiger partial charge in [-0.05, 0) is 61.0 Å². The lowest BCUT2D eigenvalue weighted by atomic mass is 10.1. The zero-order valence-corrected chi connectivity index (χ0v) is 22.0. The van der Waals surface area contributed by atoms with Crippen molar-refractivity contribution in [2.45, 2.75) is 19.5 Å². The molecule has 0 aliphatic rings. The standard InChI is InChI=1S/C27H26ClN3O8/c1-15(27(36)37)30-31(25(34)18-8-10-22(38-2)23(13-18)39-3)26(35)20-9-7-17(12-21(20)28)24(33)29-14-16-5-4-6-19(32)11-16/h4-13,15,30,32H,14H2,1-3H3,(H,29,33)(H,36,37)/t15-/m0/s1. The summed E-state index contributed by atoms with van der Waals surface area (Å²) in [5.41, 5.74) is 3.05. The minimum atomic E-state index is -1.32. The molecule has 4 N–H and O–H groups in total. The van der Waals surface area contributed by atoms with E-state index in [2.05, 4.69) is 10.7 Å². The minimum Gasteiger partial charge on any atom is -0.508 e. The molecule has 0 fully saturated rings. The van der Waals surface area contributed by atoms with Crippen molar-refractivity contribution in [1.82, 2.24) is 15.8 Å². The Morgan fingerprint density at radius 1 is 0.923 bits per heavy atom. The Balaban J connectivity index is 1.87. The highest BCUT2D eigenvalue weighted by atomic mass is 35.5. The van der Waals surface area contributed by atoms with Crippen molar-refractivity contribution in [2.75, 3.05) is 14.2 Å². The number of aliphatic carboxylic acids is 1. The highest BCUT2D eigenvalue weighted by Crippen LogP contribution is 2.28. The van der Waals surface area contributed by atoms with Crippen LogP contribution >= 0.6 is 11.6 Å². The van der Waals surface area contributed by atoms with Crippen LogP contribution in [0, 0.1) is 0 Å². The normalized spacial score (nSPS) is 11.3. The molecular weight excluding hydrogens is 530 g/mol. The molecule has 0 aromatic heterocycles. The number of hydrazine groups is 1. The number of carboxylic acids is 1. The number of carbonyl (C=O) groups is 4. The van der Waals surface area contributed by atoms with Crippen LogP contribution in [0.5, 0.6) is 17.2 Å². The molecule has 3 aromatic carbocycles. The largest absolute Gasteiger partial charge is 0.508 e. The van der Waals surface area contributed by atoms with E-state index in [0.29, 0.717) is 16.3 Å². The molecule has 1 atom stereocenters. The molecule has 0 aliphatic heterocycles. The number of nitrogens with zero attached hydrogens (tertiary/aromatic N) is 1. The van der Waals surface area contributed by atoms with Crippen LogP contribution in [-0.2, 0) is 11.3 Å². The summed E-state index contributed by atoms with van der Waals surface area (Å²) in [6.07, 6.45) is 0. The number of hydrogen-bond donors (Lipinski definition) is 4. The first-order valence-corrected chi connectivity index (χ1v) is 11.9. The molecule has 0 spiro atoms. The number of hydrogen-bond acceptors (Lipinski definition) is 8. The smallest absolute Gasteiger partial charge is 0.322 e. The number of rotatable bonds is 10. The summed E-state index contributed by atoms with van der Waals surface area (Å²) in [6.45, 7) is 1.39. The van der Waals surface area contributed by atoms with E-state index < -0.39 is 29.7 Å². The van der Waals surface area contributed by atoms with Crippen molar-refractivity contribution < 1.29 is 38.9 Å². The molecule has 11 nitrogen and oxygen atoms in total. The highest BCUT2D eigenvalue weighted by molar-refractivity contribution is 6.34. The summed E-state index contributed by atoms with van der Waals surface area (Å²) < 4.78 is 10.4. The molecule has 204 valence electrons. The molecule has 3 aromatic rings. The van der Waals surface area contributed by atoms with Crippen LogP contribution in [0.4, 0.5) is 0 Å². The number of imide groups is 1. The van der Waals surface area contributed by atoms with Crippen molar-refractivity contribution >= 4 is 35.3 Å². The third-order valence-electron chi connectivity index (χ3n) is 5.56. The topological polar surface area (TPSA) is 154 Å². The third-order valence-corrected chi connectivity index (χ3v) is 5.87. The maximum atomic E-state index is 13.4. The Labute approximate surface area is 228 Å². The summed E-state index contributed by atoms with van der Waals surface area (Å²) >= 11 is 6.33. The van der Waals surface area contributed by atoms with Crippen molar-refractivity contribution in [3.8, 4) is 17.2 Å². The average Bonchev–Trinajstić information content (AvgIpc) is 2.93. The lowest BCUT2D eigenvalue weighted by molar-refractivity contribution is -0.139. The molecule has 0 bridgehead atoms. The van der Waals surface area contributed by atoms with Gasteiger partial charge in [0.25, 0.3) is 17.7 Å². The number of methoxy groups -OCH3 is 2. The van der Waals surface area contributed by atoms with Gasteiger partial charge in [-0.1, -0.05) is 23.7 Å². The Hall–Kier alpha value is -4.61. The number of carboxylic acid groups (broad SMARTS) is 1. The number of ether oxygens (including phenoxy) is 2. The van der Waals surface area contributed by atoms with Gasteiger partial charge in [-0.3, -0.25) is 19.2 Å². The Kier molecular flexibility index (Phi) is 9.47. The van der Waals surface area contributed by atoms with E-state index >= 15 is 0 Å². The van der Waals surface area contributed by atoms with Crippen LogP contribution in [-0.4, -0.2) is 59.2 Å². The summed E-state index contributed by atoms with van der Waals surface area (Å²) in [5.74, 6) is -2.99. The molecule has 3 rings (SSSR count). The predicted octanol–water partition coefficient (Wildman–Crippen LogP) is 3.25. The van der Waals surface area contributed by atoms with Gasteiger partial charge in [0.05, 0.1) is 24.8 Å². The zero-order valence-electron chi connectivity index (χ0n) is 21.2. The monoisotopic (exact) mass is 555 g/mol. The number of nitrogens with one attached hydrogen (secondary N) is 2. The fourth-order valence-electron chi connectivity index (χ4n) is 3.46. The van der Waals surface area contributed by atoms with Crippen LogP contribution in [0.1, 0.15) is 43.6 Å². The van der Waals surface area contributed by atoms with E-state index in [9.17, 15) is 29.4 Å². The molecule has 3 amide bonds. The summed E-state index contributed by atoms with van der Waals surface area (Å²) in [7, 11) is 2.80. The van der Waals surface area contributed by atoms with Crippen molar-refractivity contribution in [3.05, 3.63) is 87.9 Å². The number of phenols is 1. The first-order valence-electron chi connectivity index (χ1n) is 11.5. The van der Waals surface area contributed by atoms with Crippen LogP contribution in [0.25, 0.3) is 0 Å². The quantitative estimate of drug-likeness (QED) is 0.218. The Bertz CT molecular complexity index is 1410. The van der Waals surface area contributed by atoms with Gasteiger partial charge in [0.2, 0.25) is 0 Å². The lowest BCUT2D eigenvalue weighted by Crippen LogP contribution is -2.53. The van der Waals surface area contributed by atoms with Gasteiger partial charge in [0, 0.05) is 17.7 Å². The van der Waals surface area contributed by atoms with Crippen LogP contribution in [0.3, 0.4) is 0 Å². The second-order valence-corrected chi connectivity index (χ2v) is 8.66. The molecule has 0 radical (unpaired) electrons. The predicted molar refractivity (Wildman–Crippen MR) is 141 cm³/mol. The molecule has 0 heterocycles. The number of aromatic hydroxyl groups is 1. The molecule has 0 saturated carbocycles. The Morgan fingerprint density at radius 2 is 1.62 bits per heavy atom. The molecular formula is C27H26ClN3O8. The van der Waals surface area contributed by atoms with Gasteiger partial charge >= 0.3 is 5.97 Å². The van der Waals surface area contributed by atoms with E-state index in [1.807, 2.05) is 0 Å². The minimum absolute atomic E-state index is 0.00478. The Morgan fingerprint density at radius 3 is 2.23 bits per heavy atom. The van der Waals surface area contributed by atoms with Gasteiger partial charge in [-0.25, -0.2) is 10.4 Å². The summed E-state index contributed by atoms with van der Waals surface area (Å²) in [4.78, 5) is 50.9. The van der Waals surface area contributed by atoms with E-state index in [0.717, 1.165) is 0 Å². The molecule has 12 heteroatoms. The number of halogens is 1. The van der Waals surface area contributed by atoms with Gasteiger partial charge in [-0.15, -0.1) is 0 Å². The number of carbonyl (C=O) groups excluding carboxylic acids is 3. The van der Waals surface area contributed by atoms with E-state index in [-0.39, 0.29) is 39.8 Å². The second kappa shape index (κ2) is 12.8. The number of benzene rings is 3. The molecule has 0 saturated heterocycles. The maximum absolute atomic E-state index is 13.4. The van der Waals surface area contributed by atoms with Crippen molar-refractivity contribution in [3.63, 3.8) is 0 Å². The molecule has 0 aliphatic carbocycles. The summed E-state index contributed by atoms with van der Waals surface area (Å²) in [5, 5.41) is 22.0. The van der Waals surface area contributed by atoms with E-state index in [4.69, 9.17) is 21.1 Å². The van der Waals surface area contributed by atoms with Gasteiger partial charge in [0.15, 0.2) is 11.5 Å². The number of amides is 3. The first kappa shape index (κ1) is 29.0. The number of phenolic OH excluding ortho intramolecular Hbond substituents is 1. The van der Waals surface area contributed by atoms with Crippen LogP contribution < -0.4 is 20.2 Å². The van der Waals surface area contributed by atoms with E-state index in [1.54, 1.807) is 12.1 Å². The SMILES string of the molecule is COc1ccc(C(=O)N(N[C@@H](C)C(=O)O)C(=O)c2ccc(C(=O)NCc3cccc(O)c3)cc2Cl)cc1OC. The van der Waals surface area contributed by atoms with Crippen molar-refractivity contribution in [2.24, 2.45) is 0 Å². The van der Waals surface area contributed by atoms with Gasteiger partial charge in [-0.2, -0.15) is 0 Å².